The number of carbonyl (C=O) groups excluding carboxylic acids is 1. The maximum Gasteiger partial charge on any atom is 0.267 e. The predicted octanol–water partition coefficient (Wildman–Crippen LogP) is 4.01. The van der Waals surface area contributed by atoms with Gasteiger partial charge in [0.15, 0.2) is 11.5 Å². The highest BCUT2D eigenvalue weighted by atomic mass is 32.2. The molecule has 0 bridgehead atoms. The number of thiocarbonyl (C=S) groups is 1. The zero-order chi connectivity index (χ0) is 21.1. The summed E-state index contributed by atoms with van der Waals surface area (Å²) in [5.41, 5.74) is 3.78. The molecule has 2 aliphatic heterocycles. The summed E-state index contributed by atoms with van der Waals surface area (Å²) in [6.45, 7) is 2.28. The molecule has 0 N–H and O–H groups in total. The quantitative estimate of drug-likeness (QED) is 0.500. The van der Waals surface area contributed by atoms with Gasteiger partial charge in [-0.2, -0.15) is 0 Å². The molecule has 1 saturated heterocycles. The molecular weight excluding hydrogens is 416 g/mol. The van der Waals surface area contributed by atoms with Crippen LogP contribution in [0.5, 0.6) is 11.5 Å². The van der Waals surface area contributed by atoms with E-state index in [4.69, 9.17) is 21.7 Å². The summed E-state index contributed by atoms with van der Waals surface area (Å²) in [5.74, 6) is 1.37. The molecule has 4 rings (SSSR count). The molecule has 0 radical (unpaired) electrons. The zero-order valence-corrected chi connectivity index (χ0v) is 18.7. The summed E-state index contributed by atoms with van der Waals surface area (Å²) in [6.07, 6.45) is 3.66. The van der Waals surface area contributed by atoms with Gasteiger partial charge >= 0.3 is 0 Å². The van der Waals surface area contributed by atoms with E-state index in [0.717, 1.165) is 25.1 Å². The normalized spacial score (nSPS) is 17.5. The Balaban J connectivity index is 1.41. The number of fused-ring (bicyclic) bond motifs is 1. The Morgan fingerprint density at radius 3 is 2.63 bits per heavy atom. The van der Waals surface area contributed by atoms with Gasteiger partial charge in [-0.3, -0.25) is 9.69 Å². The summed E-state index contributed by atoms with van der Waals surface area (Å²) >= 11 is 6.88. The van der Waals surface area contributed by atoms with Crippen LogP contribution in [0.2, 0.25) is 0 Å². The van der Waals surface area contributed by atoms with Crippen molar-refractivity contribution in [1.29, 1.82) is 0 Å². The molecular formula is C23H24N2O3S2. The van der Waals surface area contributed by atoms with Crippen LogP contribution in [0.1, 0.15) is 16.7 Å². The van der Waals surface area contributed by atoms with E-state index in [2.05, 4.69) is 29.2 Å². The highest BCUT2D eigenvalue weighted by molar-refractivity contribution is 8.26. The van der Waals surface area contributed by atoms with Gasteiger partial charge in [-0.05, 0) is 41.7 Å². The molecule has 0 spiro atoms. The van der Waals surface area contributed by atoms with Crippen LogP contribution in [0.3, 0.4) is 0 Å². The Morgan fingerprint density at radius 1 is 1.10 bits per heavy atom. The number of rotatable bonds is 6. The van der Waals surface area contributed by atoms with E-state index < -0.39 is 0 Å². The molecule has 2 heterocycles. The van der Waals surface area contributed by atoms with Crippen molar-refractivity contribution in [2.75, 3.05) is 27.3 Å². The molecule has 7 heteroatoms. The van der Waals surface area contributed by atoms with Crippen molar-refractivity contribution in [2.45, 2.75) is 19.4 Å². The molecule has 1 fully saturated rings. The first kappa shape index (κ1) is 20.8. The minimum absolute atomic E-state index is 0.00987. The maximum absolute atomic E-state index is 13.0. The third-order valence-electron chi connectivity index (χ3n) is 5.41. The van der Waals surface area contributed by atoms with Crippen LogP contribution in [0, 0.1) is 0 Å². The summed E-state index contributed by atoms with van der Waals surface area (Å²) < 4.78 is 11.3. The van der Waals surface area contributed by atoms with Crippen LogP contribution in [0.25, 0.3) is 0 Å². The molecule has 30 heavy (non-hydrogen) atoms. The van der Waals surface area contributed by atoms with Crippen LogP contribution in [-0.2, 0) is 24.2 Å². The van der Waals surface area contributed by atoms with Gasteiger partial charge in [0.2, 0.25) is 0 Å². The largest absolute Gasteiger partial charge is 0.493 e. The first-order chi connectivity index (χ1) is 14.6. The average Bonchev–Trinajstić information content (AvgIpc) is 3.04. The Bertz CT molecular complexity index is 1010. The van der Waals surface area contributed by atoms with Crippen LogP contribution in [0.4, 0.5) is 0 Å². The molecule has 0 aromatic heterocycles. The van der Waals surface area contributed by atoms with E-state index >= 15 is 0 Å². The van der Waals surface area contributed by atoms with E-state index in [1.807, 2.05) is 24.4 Å². The number of nitrogens with zero attached hydrogens (tertiary/aromatic N) is 2. The van der Waals surface area contributed by atoms with Crippen LogP contribution in [-0.4, -0.2) is 47.3 Å². The molecule has 2 aromatic carbocycles. The van der Waals surface area contributed by atoms with Crippen molar-refractivity contribution in [1.82, 2.24) is 9.80 Å². The fourth-order valence-corrected chi connectivity index (χ4v) is 5.07. The van der Waals surface area contributed by atoms with Gasteiger partial charge in [0, 0.05) is 25.8 Å². The van der Waals surface area contributed by atoms with Gasteiger partial charge in [-0.25, -0.2) is 0 Å². The second-order valence-electron chi connectivity index (χ2n) is 7.25. The van der Waals surface area contributed by atoms with Crippen molar-refractivity contribution in [3.8, 4) is 11.5 Å². The van der Waals surface area contributed by atoms with Crippen molar-refractivity contribution >= 4 is 34.2 Å². The second-order valence-corrected chi connectivity index (χ2v) is 8.92. The van der Waals surface area contributed by atoms with Crippen molar-refractivity contribution in [2.24, 2.45) is 0 Å². The summed E-state index contributed by atoms with van der Waals surface area (Å²) in [6, 6.07) is 14.3. The third kappa shape index (κ3) is 4.32. The minimum atomic E-state index is -0.00987. The number of benzene rings is 2. The Labute approximate surface area is 186 Å². The number of thioether (sulfide) groups is 1. The van der Waals surface area contributed by atoms with Crippen molar-refractivity contribution in [3.05, 3.63) is 70.3 Å². The number of hydrogen-bond acceptors (Lipinski definition) is 6. The molecule has 5 nitrogen and oxygen atoms in total. The van der Waals surface area contributed by atoms with E-state index in [9.17, 15) is 4.79 Å². The standard InChI is InChI=1S/C23H24N2O3S2/c1-27-19-8-7-16(13-20(19)28-2)9-12-25-22(26)21(30-23(25)29)15-24-11-10-17-5-3-4-6-18(17)14-24/h3-8,13,15H,9-12,14H2,1-2H3/b21-15+. The van der Waals surface area contributed by atoms with E-state index in [1.54, 1.807) is 19.1 Å². The smallest absolute Gasteiger partial charge is 0.267 e. The monoisotopic (exact) mass is 440 g/mol. The second kappa shape index (κ2) is 9.10. The lowest BCUT2D eigenvalue weighted by Gasteiger charge is -2.27. The third-order valence-corrected chi connectivity index (χ3v) is 6.77. The summed E-state index contributed by atoms with van der Waals surface area (Å²) in [7, 11) is 3.23. The summed E-state index contributed by atoms with van der Waals surface area (Å²) in [5, 5.41) is 0. The molecule has 2 aliphatic rings. The molecule has 0 saturated carbocycles. The first-order valence-electron chi connectivity index (χ1n) is 9.86. The Hall–Kier alpha value is -2.51. The van der Waals surface area contributed by atoms with Gasteiger partial charge < -0.3 is 14.4 Å². The predicted molar refractivity (Wildman–Crippen MR) is 124 cm³/mol. The Morgan fingerprint density at radius 2 is 1.87 bits per heavy atom. The molecule has 0 aliphatic carbocycles. The number of carbonyl (C=O) groups is 1. The fraction of sp³-hybridized carbons (Fsp3) is 0.304. The van der Waals surface area contributed by atoms with Gasteiger partial charge in [-0.1, -0.05) is 54.3 Å². The van der Waals surface area contributed by atoms with Gasteiger partial charge in [0.05, 0.1) is 19.1 Å². The molecule has 0 unspecified atom stereocenters. The highest BCUT2D eigenvalue weighted by Crippen LogP contribution is 2.33. The first-order valence-corrected chi connectivity index (χ1v) is 11.1. The van der Waals surface area contributed by atoms with Crippen molar-refractivity contribution in [3.63, 3.8) is 0 Å². The highest BCUT2D eigenvalue weighted by Gasteiger charge is 2.32. The van der Waals surface area contributed by atoms with E-state index in [1.165, 1.54) is 22.9 Å². The van der Waals surface area contributed by atoms with Gasteiger partial charge in [0.25, 0.3) is 5.91 Å². The maximum atomic E-state index is 13.0. The van der Waals surface area contributed by atoms with Crippen LogP contribution < -0.4 is 9.47 Å². The summed E-state index contributed by atoms with van der Waals surface area (Å²) in [4.78, 5) is 17.6. The number of methoxy groups -OCH3 is 2. The van der Waals surface area contributed by atoms with Crippen molar-refractivity contribution < 1.29 is 14.3 Å². The SMILES string of the molecule is COc1ccc(CCN2C(=O)/C(=C\N3CCc4ccccc4C3)SC2=S)cc1OC. The lowest BCUT2D eigenvalue weighted by Crippen LogP contribution is -2.31. The number of amides is 1. The molecule has 0 atom stereocenters. The number of hydrogen-bond donors (Lipinski definition) is 0. The van der Waals surface area contributed by atoms with Crippen LogP contribution >= 0.6 is 24.0 Å². The van der Waals surface area contributed by atoms with E-state index in [0.29, 0.717) is 33.7 Å². The van der Waals surface area contributed by atoms with Crippen LogP contribution in [0.15, 0.2) is 53.6 Å². The number of ether oxygens (including phenoxy) is 2. The molecule has 156 valence electrons. The topological polar surface area (TPSA) is 42.0 Å². The molecule has 2 aromatic rings. The molecule has 1 amide bonds. The average molecular weight is 441 g/mol. The zero-order valence-electron chi connectivity index (χ0n) is 17.1. The van der Waals surface area contributed by atoms with E-state index in [-0.39, 0.29) is 5.91 Å². The van der Waals surface area contributed by atoms with Gasteiger partial charge in [0.1, 0.15) is 4.32 Å². The Kier molecular flexibility index (Phi) is 6.29. The fourth-order valence-electron chi connectivity index (χ4n) is 3.75. The van der Waals surface area contributed by atoms with Gasteiger partial charge in [-0.15, -0.1) is 0 Å². The minimum Gasteiger partial charge on any atom is -0.493 e. The lowest BCUT2D eigenvalue weighted by molar-refractivity contribution is -0.122. The lowest BCUT2D eigenvalue weighted by atomic mass is 10.0.